The third-order valence-electron chi connectivity index (χ3n) is 4.24. The normalized spacial score (nSPS) is 11.4. The van der Waals surface area contributed by atoms with Crippen LogP contribution in [-0.4, -0.2) is 38.7 Å². The van der Waals surface area contributed by atoms with Crippen LogP contribution in [0.2, 0.25) is 0 Å². The van der Waals surface area contributed by atoms with E-state index in [0.717, 1.165) is 5.56 Å². The lowest BCUT2D eigenvalue weighted by Crippen LogP contribution is -2.29. The van der Waals surface area contributed by atoms with Crippen molar-refractivity contribution < 1.29 is 19.0 Å². The van der Waals surface area contributed by atoms with Crippen LogP contribution in [0.4, 0.5) is 0 Å². The zero-order valence-electron chi connectivity index (χ0n) is 15.7. The minimum absolute atomic E-state index is 0.0978. The predicted molar refractivity (Wildman–Crippen MR) is 102 cm³/mol. The summed E-state index contributed by atoms with van der Waals surface area (Å²) in [6, 6.07) is 12.5. The molecule has 0 N–H and O–H groups in total. The molecule has 1 amide bonds. The first-order valence-corrected chi connectivity index (χ1v) is 8.34. The van der Waals surface area contributed by atoms with Gasteiger partial charge in [0.25, 0.3) is 5.91 Å². The molecule has 0 saturated carbocycles. The summed E-state index contributed by atoms with van der Waals surface area (Å²) >= 11 is 0. The molecule has 0 aliphatic heterocycles. The summed E-state index contributed by atoms with van der Waals surface area (Å²) in [5.41, 5.74) is 1.47. The van der Waals surface area contributed by atoms with Crippen LogP contribution in [0.15, 0.2) is 55.1 Å². The average Bonchev–Trinajstić information content (AvgIpc) is 2.70. The summed E-state index contributed by atoms with van der Waals surface area (Å²) in [4.78, 5) is 14.6. The fourth-order valence-electron chi connectivity index (χ4n) is 2.63. The number of carbonyl (C=O) groups excluding carboxylic acids is 1. The minimum Gasteiger partial charge on any atom is -0.497 e. The molecule has 0 fully saturated rings. The van der Waals surface area contributed by atoms with E-state index >= 15 is 0 Å². The van der Waals surface area contributed by atoms with Gasteiger partial charge in [0.2, 0.25) is 0 Å². The van der Waals surface area contributed by atoms with Crippen molar-refractivity contribution in [2.24, 2.45) is 0 Å². The van der Waals surface area contributed by atoms with Crippen molar-refractivity contribution in [1.82, 2.24) is 4.90 Å². The van der Waals surface area contributed by atoms with Crippen LogP contribution in [-0.2, 0) is 0 Å². The fraction of sp³-hybridized carbons (Fsp3) is 0.286. The SMILES string of the molecule is C=CCOc1cccc(C(=O)N(C)C(C)c2ccc(OC)cc2OC)c1. The smallest absolute Gasteiger partial charge is 0.254 e. The van der Waals surface area contributed by atoms with Crippen molar-refractivity contribution in [3.63, 3.8) is 0 Å². The lowest BCUT2D eigenvalue weighted by atomic mass is 10.0. The molecule has 1 unspecified atom stereocenters. The molecule has 0 aliphatic carbocycles. The second kappa shape index (κ2) is 8.94. The van der Waals surface area contributed by atoms with Crippen LogP contribution >= 0.6 is 0 Å². The van der Waals surface area contributed by atoms with E-state index < -0.39 is 0 Å². The van der Waals surface area contributed by atoms with Crippen molar-refractivity contribution in [3.05, 3.63) is 66.2 Å². The van der Waals surface area contributed by atoms with Crippen molar-refractivity contribution in [1.29, 1.82) is 0 Å². The number of benzene rings is 2. The first kappa shape index (κ1) is 19.4. The predicted octanol–water partition coefficient (Wildman–Crippen LogP) is 4.10. The lowest BCUT2D eigenvalue weighted by Gasteiger charge is -2.27. The van der Waals surface area contributed by atoms with E-state index in [-0.39, 0.29) is 11.9 Å². The van der Waals surface area contributed by atoms with Gasteiger partial charge in [0, 0.05) is 24.2 Å². The third kappa shape index (κ3) is 4.36. The molecule has 0 heterocycles. The maximum absolute atomic E-state index is 12.9. The first-order chi connectivity index (χ1) is 12.5. The third-order valence-corrected chi connectivity index (χ3v) is 4.24. The van der Waals surface area contributed by atoms with E-state index in [1.165, 1.54) is 0 Å². The molecule has 1 atom stereocenters. The molecule has 2 aromatic rings. The Morgan fingerprint density at radius 2 is 1.92 bits per heavy atom. The Morgan fingerprint density at radius 1 is 1.15 bits per heavy atom. The van der Waals surface area contributed by atoms with Crippen LogP contribution in [0.1, 0.15) is 28.9 Å². The van der Waals surface area contributed by atoms with Crippen LogP contribution in [0.5, 0.6) is 17.2 Å². The maximum Gasteiger partial charge on any atom is 0.254 e. The molecular formula is C21H25NO4. The summed E-state index contributed by atoms with van der Waals surface area (Å²) in [5, 5.41) is 0. The van der Waals surface area contributed by atoms with Crippen molar-refractivity contribution in [2.75, 3.05) is 27.9 Å². The molecule has 5 nitrogen and oxygen atoms in total. The lowest BCUT2D eigenvalue weighted by molar-refractivity contribution is 0.0740. The average molecular weight is 355 g/mol. The van der Waals surface area contributed by atoms with Gasteiger partial charge >= 0.3 is 0 Å². The van der Waals surface area contributed by atoms with Gasteiger partial charge in [0.1, 0.15) is 23.9 Å². The van der Waals surface area contributed by atoms with Crippen LogP contribution < -0.4 is 14.2 Å². The van der Waals surface area contributed by atoms with Crippen molar-refractivity contribution in [3.8, 4) is 17.2 Å². The van der Waals surface area contributed by atoms with Gasteiger partial charge in [0.15, 0.2) is 0 Å². The molecule has 2 aromatic carbocycles. The summed E-state index contributed by atoms with van der Waals surface area (Å²) < 4.78 is 16.2. The number of hydrogen-bond donors (Lipinski definition) is 0. The summed E-state index contributed by atoms with van der Waals surface area (Å²) in [7, 11) is 4.98. The van der Waals surface area contributed by atoms with Gasteiger partial charge in [0.05, 0.1) is 20.3 Å². The van der Waals surface area contributed by atoms with Gasteiger partial charge in [-0.05, 0) is 37.3 Å². The Balaban J connectivity index is 2.23. The highest BCUT2D eigenvalue weighted by molar-refractivity contribution is 5.94. The van der Waals surface area contributed by atoms with E-state index in [1.807, 2.05) is 31.2 Å². The Kier molecular flexibility index (Phi) is 6.67. The Bertz CT molecular complexity index is 772. The minimum atomic E-state index is -0.180. The molecule has 0 radical (unpaired) electrons. The highest BCUT2D eigenvalue weighted by Crippen LogP contribution is 2.32. The number of rotatable bonds is 8. The van der Waals surface area contributed by atoms with Gasteiger partial charge < -0.3 is 19.1 Å². The number of hydrogen-bond acceptors (Lipinski definition) is 4. The van der Waals surface area contributed by atoms with E-state index in [2.05, 4.69) is 6.58 Å². The summed E-state index contributed by atoms with van der Waals surface area (Å²) in [5.74, 6) is 1.93. The van der Waals surface area contributed by atoms with E-state index in [0.29, 0.717) is 29.4 Å². The van der Waals surface area contributed by atoms with E-state index in [1.54, 1.807) is 50.4 Å². The highest BCUT2D eigenvalue weighted by Gasteiger charge is 2.22. The second-order valence-corrected chi connectivity index (χ2v) is 5.83. The number of amides is 1. The molecule has 26 heavy (non-hydrogen) atoms. The molecule has 0 bridgehead atoms. The summed E-state index contributed by atoms with van der Waals surface area (Å²) in [6.07, 6.45) is 1.67. The van der Waals surface area contributed by atoms with Gasteiger partial charge in [-0.1, -0.05) is 18.7 Å². The van der Waals surface area contributed by atoms with Crippen LogP contribution in [0.3, 0.4) is 0 Å². The zero-order valence-corrected chi connectivity index (χ0v) is 15.7. The number of methoxy groups -OCH3 is 2. The van der Waals surface area contributed by atoms with Crippen LogP contribution in [0.25, 0.3) is 0 Å². The highest BCUT2D eigenvalue weighted by atomic mass is 16.5. The number of carbonyl (C=O) groups is 1. The standard InChI is InChI=1S/C21H25NO4/c1-6-12-26-18-9-7-8-16(13-18)21(23)22(3)15(2)19-11-10-17(24-4)14-20(19)25-5/h6-11,13-15H,1,12H2,2-5H3. The second-order valence-electron chi connectivity index (χ2n) is 5.83. The van der Waals surface area contributed by atoms with E-state index in [4.69, 9.17) is 14.2 Å². The van der Waals surface area contributed by atoms with Crippen LogP contribution in [0, 0.1) is 0 Å². The van der Waals surface area contributed by atoms with Gasteiger partial charge in [-0.2, -0.15) is 0 Å². The van der Waals surface area contributed by atoms with Gasteiger partial charge in [-0.3, -0.25) is 4.79 Å². The molecule has 5 heteroatoms. The molecular weight excluding hydrogens is 330 g/mol. The molecule has 2 rings (SSSR count). The Hall–Kier alpha value is -2.95. The largest absolute Gasteiger partial charge is 0.497 e. The quantitative estimate of drug-likeness (QED) is 0.669. The Labute approximate surface area is 154 Å². The number of ether oxygens (including phenoxy) is 3. The zero-order chi connectivity index (χ0) is 19.1. The molecule has 0 spiro atoms. The number of nitrogens with zero attached hydrogens (tertiary/aromatic N) is 1. The molecule has 0 aliphatic rings. The Morgan fingerprint density at radius 3 is 2.58 bits per heavy atom. The van der Waals surface area contributed by atoms with E-state index in [9.17, 15) is 4.79 Å². The summed E-state index contributed by atoms with van der Waals surface area (Å²) in [6.45, 7) is 5.98. The topological polar surface area (TPSA) is 48.0 Å². The maximum atomic E-state index is 12.9. The van der Waals surface area contributed by atoms with Crippen molar-refractivity contribution in [2.45, 2.75) is 13.0 Å². The van der Waals surface area contributed by atoms with Gasteiger partial charge in [-0.15, -0.1) is 0 Å². The fourth-order valence-corrected chi connectivity index (χ4v) is 2.63. The monoisotopic (exact) mass is 355 g/mol. The first-order valence-electron chi connectivity index (χ1n) is 8.34. The molecule has 138 valence electrons. The van der Waals surface area contributed by atoms with Gasteiger partial charge in [-0.25, -0.2) is 0 Å². The molecule has 0 saturated heterocycles. The van der Waals surface area contributed by atoms with Crippen molar-refractivity contribution >= 4 is 5.91 Å². The molecule has 0 aromatic heterocycles.